The van der Waals surface area contributed by atoms with Gasteiger partial charge in [0, 0.05) is 40.2 Å². The van der Waals surface area contributed by atoms with Crippen LogP contribution < -0.4 is 10.6 Å². The highest BCUT2D eigenvalue weighted by molar-refractivity contribution is 7.16. The van der Waals surface area contributed by atoms with Crippen molar-refractivity contribution >= 4 is 46.3 Å². The Hall–Kier alpha value is -4.29. The number of non-ortho nitro benzene ring substituents is 1. The number of nitro benzene ring substituents is 1. The Morgan fingerprint density at radius 2 is 1.74 bits per heavy atom. The molecule has 0 spiro atoms. The van der Waals surface area contributed by atoms with Crippen LogP contribution in [0.15, 0.2) is 66.2 Å². The number of nitrogens with zero attached hydrogens (tertiary/aromatic N) is 2. The highest BCUT2D eigenvalue weighted by Gasteiger charge is 2.12. The van der Waals surface area contributed by atoms with E-state index in [0.29, 0.717) is 21.8 Å². The number of rotatable bonds is 6. The molecule has 2 N–H and O–H groups in total. The summed E-state index contributed by atoms with van der Waals surface area (Å²) in [5, 5.41) is 25.6. The summed E-state index contributed by atoms with van der Waals surface area (Å²) in [7, 11) is 0. The summed E-state index contributed by atoms with van der Waals surface area (Å²) in [5.74, 6) is -0.771. The maximum absolute atomic E-state index is 12.5. The summed E-state index contributed by atoms with van der Waals surface area (Å²) >= 11 is 1.31. The lowest BCUT2D eigenvalue weighted by Crippen LogP contribution is -2.13. The van der Waals surface area contributed by atoms with Gasteiger partial charge in [-0.2, -0.15) is 5.26 Å². The summed E-state index contributed by atoms with van der Waals surface area (Å²) < 4.78 is 0. The second-order valence-corrected chi connectivity index (χ2v) is 7.51. The van der Waals surface area contributed by atoms with E-state index in [-0.39, 0.29) is 17.2 Å². The molecule has 0 saturated heterocycles. The largest absolute Gasteiger partial charge is 0.326 e. The first-order chi connectivity index (χ1) is 14.9. The van der Waals surface area contributed by atoms with E-state index in [9.17, 15) is 25.0 Å². The maximum atomic E-state index is 12.5. The van der Waals surface area contributed by atoms with E-state index in [4.69, 9.17) is 0 Å². The number of anilines is 2. The summed E-state index contributed by atoms with van der Waals surface area (Å²) in [4.78, 5) is 35.5. The van der Waals surface area contributed by atoms with Crippen molar-refractivity contribution in [1.82, 2.24) is 0 Å². The second-order valence-electron chi connectivity index (χ2n) is 6.39. The fourth-order valence-corrected chi connectivity index (χ4v) is 3.64. The van der Waals surface area contributed by atoms with Crippen LogP contribution in [0.1, 0.15) is 11.8 Å². The smallest absolute Gasteiger partial charge is 0.270 e. The number of nitro groups is 1. The third-order valence-corrected chi connectivity index (χ3v) is 5.16. The molecular formula is C22H16N4O4S. The zero-order chi connectivity index (χ0) is 22.4. The SMILES string of the molecule is CC(=O)Nc1ccc(NC(=O)/C(C#N)=C/c2ccc(-c3cccc([N+](=O)[O-])c3)s2)cc1. The Morgan fingerprint density at radius 3 is 2.35 bits per heavy atom. The molecule has 0 saturated carbocycles. The predicted octanol–water partition coefficient (Wildman–Crippen LogP) is 4.83. The lowest BCUT2D eigenvalue weighted by molar-refractivity contribution is -0.384. The number of nitrogens with one attached hydrogen (secondary N) is 2. The van der Waals surface area contributed by atoms with Gasteiger partial charge in [0.05, 0.1) is 4.92 Å². The zero-order valence-electron chi connectivity index (χ0n) is 16.3. The first kappa shape index (κ1) is 21.4. The van der Waals surface area contributed by atoms with Crippen LogP contribution in [0.5, 0.6) is 0 Å². The van der Waals surface area contributed by atoms with Crippen molar-refractivity contribution in [3.63, 3.8) is 0 Å². The lowest BCUT2D eigenvalue weighted by atomic mass is 10.1. The van der Waals surface area contributed by atoms with E-state index >= 15 is 0 Å². The highest BCUT2D eigenvalue weighted by atomic mass is 32.1. The molecule has 9 heteroatoms. The monoisotopic (exact) mass is 432 g/mol. The van der Waals surface area contributed by atoms with E-state index in [0.717, 1.165) is 4.88 Å². The van der Waals surface area contributed by atoms with E-state index in [1.165, 1.54) is 36.5 Å². The van der Waals surface area contributed by atoms with Crippen molar-refractivity contribution in [3.8, 4) is 16.5 Å². The summed E-state index contributed by atoms with van der Waals surface area (Å²) in [6, 6.07) is 18.2. The van der Waals surface area contributed by atoms with Crippen LogP contribution in [-0.2, 0) is 9.59 Å². The van der Waals surface area contributed by atoms with Crippen LogP contribution in [-0.4, -0.2) is 16.7 Å². The molecule has 0 aliphatic heterocycles. The average Bonchev–Trinajstić information content (AvgIpc) is 3.22. The minimum atomic E-state index is -0.569. The molecule has 8 nitrogen and oxygen atoms in total. The van der Waals surface area contributed by atoms with Crippen LogP contribution in [0.4, 0.5) is 17.1 Å². The molecule has 1 aromatic heterocycles. The summed E-state index contributed by atoms with van der Waals surface area (Å²) in [6.45, 7) is 1.40. The van der Waals surface area contributed by atoms with E-state index in [1.54, 1.807) is 48.5 Å². The molecular weight excluding hydrogens is 416 g/mol. The van der Waals surface area contributed by atoms with Gasteiger partial charge in [-0.3, -0.25) is 19.7 Å². The molecule has 31 heavy (non-hydrogen) atoms. The van der Waals surface area contributed by atoms with Gasteiger partial charge in [0.25, 0.3) is 11.6 Å². The minimum absolute atomic E-state index is 0.00962. The first-order valence-corrected chi connectivity index (χ1v) is 9.83. The standard InChI is InChI=1S/C22H16N4O4S/c1-14(27)24-17-5-7-18(8-6-17)25-22(28)16(13-23)12-20-9-10-21(31-20)15-3-2-4-19(11-15)26(29)30/h2-12H,1H3,(H,24,27)(H,25,28)/b16-12+. The number of hydrogen-bond acceptors (Lipinski definition) is 6. The van der Waals surface area contributed by atoms with Gasteiger partial charge in [0.15, 0.2) is 0 Å². The van der Waals surface area contributed by atoms with E-state index in [1.807, 2.05) is 6.07 Å². The van der Waals surface area contributed by atoms with Crippen molar-refractivity contribution in [2.75, 3.05) is 10.6 Å². The Labute approximate surface area is 181 Å². The topological polar surface area (TPSA) is 125 Å². The van der Waals surface area contributed by atoms with Gasteiger partial charge in [-0.15, -0.1) is 11.3 Å². The van der Waals surface area contributed by atoms with Gasteiger partial charge in [-0.05, 0) is 48.0 Å². The molecule has 0 unspecified atom stereocenters. The van der Waals surface area contributed by atoms with Gasteiger partial charge in [0.2, 0.25) is 5.91 Å². The Bertz CT molecular complexity index is 1220. The molecule has 154 valence electrons. The van der Waals surface area contributed by atoms with E-state index in [2.05, 4.69) is 10.6 Å². The zero-order valence-corrected chi connectivity index (χ0v) is 17.1. The van der Waals surface area contributed by atoms with Crippen LogP contribution >= 0.6 is 11.3 Å². The quantitative estimate of drug-likeness (QED) is 0.250. The van der Waals surface area contributed by atoms with Crippen molar-refractivity contribution in [3.05, 3.63) is 81.2 Å². The van der Waals surface area contributed by atoms with Gasteiger partial charge in [-0.1, -0.05) is 12.1 Å². The first-order valence-electron chi connectivity index (χ1n) is 9.01. The molecule has 0 bridgehead atoms. The fraction of sp³-hybridized carbons (Fsp3) is 0.0455. The Kier molecular flexibility index (Phi) is 6.54. The van der Waals surface area contributed by atoms with Gasteiger partial charge in [0.1, 0.15) is 11.6 Å². The van der Waals surface area contributed by atoms with Crippen LogP contribution in [0, 0.1) is 21.4 Å². The van der Waals surface area contributed by atoms with Crippen molar-refractivity contribution < 1.29 is 14.5 Å². The van der Waals surface area contributed by atoms with Crippen molar-refractivity contribution in [2.45, 2.75) is 6.92 Å². The third kappa shape index (κ3) is 5.62. The van der Waals surface area contributed by atoms with Crippen LogP contribution in [0.2, 0.25) is 0 Å². The molecule has 2 amide bonds. The number of benzene rings is 2. The molecule has 0 atom stereocenters. The molecule has 0 radical (unpaired) electrons. The lowest BCUT2D eigenvalue weighted by Gasteiger charge is -2.06. The third-order valence-electron chi connectivity index (χ3n) is 4.08. The molecule has 3 aromatic rings. The Morgan fingerprint density at radius 1 is 1.06 bits per heavy atom. The molecule has 1 heterocycles. The van der Waals surface area contributed by atoms with Gasteiger partial charge < -0.3 is 10.6 Å². The van der Waals surface area contributed by atoms with Crippen LogP contribution in [0.25, 0.3) is 16.5 Å². The highest BCUT2D eigenvalue weighted by Crippen LogP contribution is 2.31. The maximum Gasteiger partial charge on any atom is 0.270 e. The molecule has 3 rings (SSSR count). The number of hydrogen-bond donors (Lipinski definition) is 2. The molecule has 0 fully saturated rings. The molecule has 2 aromatic carbocycles. The van der Waals surface area contributed by atoms with Crippen LogP contribution in [0.3, 0.4) is 0 Å². The Balaban J connectivity index is 1.75. The molecule has 0 aliphatic rings. The summed E-state index contributed by atoms with van der Waals surface area (Å²) in [5.41, 5.74) is 1.65. The number of nitriles is 1. The summed E-state index contributed by atoms with van der Waals surface area (Å²) in [6.07, 6.45) is 1.46. The van der Waals surface area contributed by atoms with Crippen molar-refractivity contribution in [1.29, 1.82) is 5.26 Å². The average molecular weight is 432 g/mol. The normalized spacial score (nSPS) is 10.8. The number of carbonyl (C=O) groups excluding carboxylic acids is 2. The minimum Gasteiger partial charge on any atom is -0.326 e. The number of carbonyl (C=O) groups is 2. The number of thiophene rings is 1. The second kappa shape index (κ2) is 9.47. The fourth-order valence-electron chi connectivity index (χ4n) is 2.69. The predicted molar refractivity (Wildman–Crippen MR) is 119 cm³/mol. The molecule has 0 aliphatic carbocycles. The van der Waals surface area contributed by atoms with Gasteiger partial charge >= 0.3 is 0 Å². The van der Waals surface area contributed by atoms with E-state index < -0.39 is 10.8 Å². The van der Waals surface area contributed by atoms with Crippen molar-refractivity contribution in [2.24, 2.45) is 0 Å². The van der Waals surface area contributed by atoms with Gasteiger partial charge in [-0.25, -0.2) is 0 Å². The number of amides is 2.